The van der Waals surface area contributed by atoms with Crippen LogP contribution in [0.5, 0.6) is 0 Å². The summed E-state index contributed by atoms with van der Waals surface area (Å²) in [6.45, 7) is 2.39. The van der Waals surface area contributed by atoms with Gasteiger partial charge in [-0.15, -0.1) is 11.8 Å². The van der Waals surface area contributed by atoms with Gasteiger partial charge in [0.2, 0.25) is 0 Å². The number of thioether (sulfide) groups is 1. The predicted octanol–water partition coefficient (Wildman–Crippen LogP) is 1.95. The minimum absolute atomic E-state index is 0.694. The second-order valence-corrected chi connectivity index (χ2v) is 5.16. The SMILES string of the molecule is C1=CC=C2S[C@@H]3CNC[C@@H]3[C@@H]2C=C1. The normalized spacial score (nSPS) is 41.2. The lowest BCUT2D eigenvalue weighted by atomic mass is 9.91. The van der Waals surface area contributed by atoms with E-state index in [1.807, 2.05) is 0 Å². The maximum atomic E-state index is 3.48. The molecule has 0 saturated carbocycles. The van der Waals surface area contributed by atoms with Crippen LogP contribution in [0.4, 0.5) is 0 Å². The minimum atomic E-state index is 0.694. The van der Waals surface area contributed by atoms with Crippen molar-refractivity contribution in [3.8, 4) is 0 Å². The number of fused-ring (bicyclic) bond motifs is 3. The smallest absolute Gasteiger partial charge is 0.0266 e. The first-order valence-electron chi connectivity index (χ1n) is 4.87. The van der Waals surface area contributed by atoms with Crippen molar-refractivity contribution in [1.82, 2.24) is 5.32 Å². The standard InChI is InChI=1S/C11H13NS/c1-2-4-8-9-6-12-7-11(9)13-10(8)5-3-1/h1-5,8-9,11-12H,6-7H2/t8-,9+,11+/m0/s1. The summed E-state index contributed by atoms with van der Waals surface area (Å²) in [5, 5.41) is 4.30. The molecule has 1 nitrogen and oxygen atoms in total. The second kappa shape index (κ2) is 3.03. The summed E-state index contributed by atoms with van der Waals surface area (Å²) in [6, 6.07) is 0. The van der Waals surface area contributed by atoms with E-state index in [9.17, 15) is 0 Å². The molecule has 0 amide bonds. The Balaban J connectivity index is 1.96. The molecule has 3 rings (SSSR count). The Morgan fingerprint density at radius 3 is 3.23 bits per heavy atom. The van der Waals surface area contributed by atoms with E-state index in [0.717, 1.165) is 11.2 Å². The molecule has 68 valence electrons. The van der Waals surface area contributed by atoms with Crippen molar-refractivity contribution in [2.75, 3.05) is 13.1 Å². The quantitative estimate of drug-likeness (QED) is 0.628. The fourth-order valence-electron chi connectivity index (χ4n) is 2.41. The Morgan fingerprint density at radius 1 is 1.23 bits per heavy atom. The first-order valence-corrected chi connectivity index (χ1v) is 5.75. The van der Waals surface area contributed by atoms with Crippen LogP contribution in [0.25, 0.3) is 0 Å². The molecule has 2 aliphatic heterocycles. The molecule has 3 aliphatic rings. The molecule has 2 heterocycles. The third kappa shape index (κ3) is 1.20. The van der Waals surface area contributed by atoms with E-state index >= 15 is 0 Å². The highest BCUT2D eigenvalue weighted by atomic mass is 32.2. The molecule has 1 N–H and O–H groups in total. The van der Waals surface area contributed by atoms with E-state index in [-0.39, 0.29) is 0 Å². The fraction of sp³-hybridized carbons (Fsp3) is 0.455. The lowest BCUT2D eigenvalue weighted by Crippen LogP contribution is -2.16. The largest absolute Gasteiger partial charge is 0.315 e. The summed E-state index contributed by atoms with van der Waals surface area (Å²) >= 11 is 2.07. The van der Waals surface area contributed by atoms with E-state index in [4.69, 9.17) is 0 Å². The molecule has 0 radical (unpaired) electrons. The molecule has 2 fully saturated rings. The molecule has 1 aliphatic carbocycles. The molecule has 0 unspecified atom stereocenters. The van der Waals surface area contributed by atoms with E-state index in [1.54, 1.807) is 4.91 Å². The van der Waals surface area contributed by atoms with Crippen LogP contribution in [0, 0.1) is 11.8 Å². The van der Waals surface area contributed by atoms with Gasteiger partial charge < -0.3 is 5.32 Å². The Kier molecular flexibility index (Phi) is 1.84. The van der Waals surface area contributed by atoms with Crippen molar-refractivity contribution in [3.05, 3.63) is 35.3 Å². The monoisotopic (exact) mass is 191 g/mol. The van der Waals surface area contributed by atoms with Crippen LogP contribution < -0.4 is 5.32 Å². The Bertz CT molecular complexity index is 303. The first kappa shape index (κ1) is 7.89. The van der Waals surface area contributed by atoms with Crippen molar-refractivity contribution in [2.24, 2.45) is 11.8 Å². The summed E-state index contributed by atoms with van der Waals surface area (Å²) < 4.78 is 0. The molecular weight excluding hydrogens is 178 g/mol. The summed E-state index contributed by atoms with van der Waals surface area (Å²) in [7, 11) is 0. The van der Waals surface area contributed by atoms with Crippen LogP contribution in [-0.2, 0) is 0 Å². The summed E-state index contributed by atoms with van der Waals surface area (Å²) in [5.74, 6) is 1.53. The Morgan fingerprint density at radius 2 is 2.23 bits per heavy atom. The van der Waals surface area contributed by atoms with Gasteiger partial charge in [0, 0.05) is 24.3 Å². The molecular formula is C11H13NS. The topological polar surface area (TPSA) is 12.0 Å². The number of nitrogens with one attached hydrogen (secondary N) is 1. The third-order valence-corrected chi connectivity index (χ3v) is 4.58. The van der Waals surface area contributed by atoms with Gasteiger partial charge in [-0.2, -0.15) is 0 Å². The van der Waals surface area contributed by atoms with Crippen LogP contribution in [-0.4, -0.2) is 18.3 Å². The average molecular weight is 191 g/mol. The highest BCUT2D eigenvalue weighted by Crippen LogP contribution is 2.48. The maximum Gasteiger partial charge on any atom is 0.0266 e. The summed E-state index contributed by atoms with van der Waals surface area (Å²) in [6.07, 6.45) is 11.1. The zero-order valence-corrected chi connectivity index (χ0v) is 8.26. The van der Waals surface area contributed by atoms with Gasteiger partial charge >= 0.3 is 0 Å². The van der Waals surface area contributed by atoms with Crippen LogP contribution in [0.15, 0.2) is 35.3 Å². The van der Waals surface area contributed by atoms with Gasteiger partial charge in [0.15, 0.2) is 0 Å². The molecule has 0 aromatic rings. The minimum Gasteiger partial charge on any atom is -0.315 e. The summed E-state index contributed by atoms with van der Waals surface area (Å²) in [5.41, 5.74) is 0. The average Bonchev–Trinajstić information content (AvgIpc) is 2.61. The molecule has 0 bridgehead atoms. The predicted molar refractivity (Wildman–Crippen MR) is 57.6 cm³/mol. The van der Waals surface area contributed by atoms with Gasteiger partial charge in [-0.25, -0.2) is 0 Å². The number of hydrogen-bond acceptors (Lipinski definition) is 2. The van der Waals surface area contributed by atoms with Crippen LogP contribution in [0.3, 0.4) is 0 Å². The third-order valence-electron chi connectivity index (χ3n) is 3.08. The number of hydrogen-bond donors (Lipinski definition) is 1. The fourth-order valence-corrected chi connectivity index (χ4v) is 3.97. The van der Waals surface area contributed by atoms with Gasteiger partial charge in [-0.05, 0) is 10.8 Å². The van der Waals surface area contributed by atoms with Gasteiger partial charge in [-0.3, -0.25) is 0 Å². The first-order chi connectivity index (χ1) is 6.45. The molecule has 0 spiro atoms. The lowest BCUT2D eigenvalue weighted by molar-refractivity contribution is 0.521. The number of allylic oxidation sites excluding steroid dienone is 6. The van der Waals surface area contributed by atoms with Crippen LogP contribution >= 0.6 is 11.8 Å². The zero-order valence-electron chi connectivity index (χ0n) is 7.44. The van der Waals surface area contributed by atoms with E-state index in [1.165, 1.54) is 13.1 Å². The molecule has 0 aromatic carbocycles. The van der Waals surface area contributed by atoms with Crippen LogP contribution in [0.2, 0.25) is 0 Å². The van der Waals surface area contributed by atoms with Crippen molar-refractivity contribution in [1.29, 1.82) is 0 Å². The molecule has 3 atom stereocenters. The van der Waals surface area contributed by atoms with E-state index < -0.39 is 0 Å². The van der Waals surface area contributed by atoms with Crippen molar-refractivity contribution in [2.45, 2.75) is 5.25 Å². The lowest BCUT2D eigenvalue weighted by Gasteiger charge is -2.12. The molecule has 2 heteroatoms. The zero-order chi connectivity index (χ0) is 8.67. The van der Waals surface area contributed by atoms with Crippen molar-refractivity contribution >= 4 is 11.8 Å². The van der Waals surface area contributed by atoms with Gasteiger partial charge in [0.25, 0.3) is 0 Å². The van der Waals surface area contributed by atoms with Crippen molar-refractivity contribution < 1.29 is 0 Å². The Hall–Kier alpha value is -0.470. The van der Waals surface area contributed by atoms with Gasteiger partial charge in [0.05, 0.1) is 0 Å². The van der Waals surface area contributed by atoms with Crippen molar-refractivity contribution in [3.63, 3.8) is 0 Å². The highest BCUT2D eigenvalue weighted by molar-refractivity contribution is 8.04. The van der Waals surface area contributed by atoms with Crippen LogP contribution in [0.1, 0.15) is 0 Å². The van der Waals surface area contributed by atoms with E-state index in [2.05, 4.69) is 47.5 Å². The molecule has 2 saturated heterocycles. The van der Waals surface area contributed by atoms with Gasteiger partial charge in [-0.1, -0.05) is 30.4 Å². The number of rotatable bonds is 0. The van der Waals surface area contributed by atoms with Gasteiger partial charge in [0.1, 0.15) is 0 Å². The summed E-state index contributed by atoms with van der Waals surface area (Å²) in [4.78, 5) is 1.57. The highest BCUT2D eigenvalue weighted by Gasteiger charge is 2.41. The second-order valence-electron chi connectivity index (χ2n) is 3.84. The maximum absolute atomic E-state index is 3.48. The molecule has 13 heavy (non-hydrogen) atoms. The molecule has 0 aromatic heterocycles. The Labute approximate surface area is 83.0 Å². The van der Waals surface area contributed by atoms with E-state index in [0.29, 0.717) is 5.92 Å².